The van der Waals surface area contributed by atoms with Gasteiger partial charge < -0.3 is 19.4 Å². The van der Waals surface area contributed by atoms with Crippen molar-refractivity contribution < 1.29 is 9.53 Å². The predicted molar refractivity (Wildman–Crippen MR) is 108 cm³/mol. The Kier molecular flexibility index (Phi) is 4.45. The van der Waals surface area contributed by atoms with E-state index in [-0.39, 0.29) is 5.41 Å². The van der Waals surface area contributed by atoms with E-state index in [1.165, 1.54) is 11.3 Å². The molecule has 1 amide bonds. The number of likely N-dealkylation sites (tertiary alicyclic amines) is 1. The molecule has 1 aromatic heterocycles. The van der Waals surface area contributed by atoms with Crippen LogP contribution < -0.4 is 9.80 Å². The van der Waals surface area contributed by atoms with Crippen LogP contribution in [0.1, 0.15) is 43.4 Å². The number of morpholine rings is 1. The summed E-state index contributed by atoms with van der Waals surface area (Å²) in [5.74, 6) is 2.63. The molecule has 1 spiro atoms. The van der Waals surface area contributed by atoms with Crippen molar-refractivity contribution in [1.29, 1.82) is 0 Å². The lowest BCUT2D eigenvalue weighted by Crippen LogP contribution is -2.45. The maximum Gasteiger partial charge on any atom is 0.227 e. The van der Waals surface area contributed by atoms with Gasteiger partial charge in [-0.3, -0.25) is 4.79 Å². The zero-order chi connectivity index (χ0) is 19.3. The molecular formula is C21H31N5O2. The fraction of sp³-hybridized carbons (Fsp3) is 0.762. The molecule has 3 heterocycles. The number of ether oxygens (including phenoxy) is 1. The average molecular weight is 386 g/mol. The first-order chi connectivity index (χ1) is 13.6. The highest BCUT2D eigenvalue weighted by molar-refractivity contribution is 5.81. The summed E-state index contributed by atoms with van der Waals surface area (Å²) >= 11 is 0. The van der Waals surface area contributed by atoms with E-state index in [9.17, 15) is 4.79 Å². The lowest BCUT2D eigenvalue weighted by molar-refractivity contribution is -0.134. The van der Waals surface area contributed by atoms with E-state index >= 15 is 0 Å². The molecule has 0 bridgehead atoms. The summed E-state index contributed by atoms with van der Waals surface area (Å²) in [7, 11) is 4.03. The standard InChI is InChI=1S/C21H31N5O2/c1-24(2)20-22-17-16(18(23-20)25-11-13-28-14-12-25)5-6-21(17)7-9-26(10-8-21)19(27)15-3-4-15/h15H,3-14H2,1-2H3. The van der Waals surface area contributed by atoms with E-state index in [0.717, 1.165) is 89.7 Å². The molecule has 0 radical (unpaired) electrons. The lowest BCUT2D eigenvalue weighted by atomic mass is 9.76. The minimum atomic E-state index is 0.115. The highest BCUT2D eigenvalue weighted by Gasteiger charge is 2.46. The largest absolute Gasteiger partial charge is 0.378 e. The molecule has 2 aliphatic heterocycles. The third kappa shape index (κ3) is 3.04. The molecule has 0 atom stereocenters. The molecule has 2 saturated heterocycles. The first-order valence-electron chi connectivity index (χ1n) is 10.8. The number of fused-ring (bicyclic) bond motifs is 2. The molecule has 7 nitrogen and oxygen atoms in total. The van der Waals surface area contributed by atoms with Crippen molar-refractivity contribution in [3.8, 4) is 0 Å². The van der Waals surface area contributed by atoms with Gasteiger partial charge in [-0.25, -0.2) is 4.98 Å². The summed E-state index contributed by atoms with van der Waals surface area (Å²) in [5.41, 5.74) is 2.71. The minimum Gasteiger partial charge on any atom is -0.378 e. The van der Waals surface area contributed by atoms with Gasteiger partial charge in [-0.1, -0.05) is 0 Å². The SMILES string of the molecule is CN(C)c1nc(N2CCOCC2)c2c(n1)C1(CC2)CCN(C(=O)C2CC2)CC1. The van der Waals surface area contributed by atoms with Crippen molar-refractivity contribution in [1.82, 2.24) is 14.9 Å². The van der Waals surface area contributed by atoms with E-state index in [1.807, 2.05) is 19.0 Å². The number of hydrogen-bond donors (Lipinski definition) is 0. The van der Waals surface area contributed by atoms with E-state index in [0.29, 0.717) is 11.8 Å². The van der Waals surface area contributed by atoms with Crippen LogP contribution in [0, 0.1) is 5.92 Å². The van der Waals surface area contributed by atoms with Crippen LogP contribution in [-0.4, -0.2) is 74.3 Å². The van der Waals surface area contributed by atoms with Gasteiger partial charge in [0.15, 0.2) is 0 Å². The van der Waals surface area contributed by atoms with Crippen LogP contribution in [-0.2, 0) is 21.4 Å². The minimum absolute atomic E-state index is 0.115. The van der Waals surface area contributed by atoms with E-state index in [1.54, 1.807) is 0 Å². The summed E-state index contributed by atoms with van der Waals surface area (Å²) in [6, 6.07) is 0. The van der Waals surface area contributed by atoms with Crippen molar-refractivity contribution in [3.63, 3.8) is 0 Å². The van der Waals surface area contributed by atoms with Crippen LogP contribution in [0.15, 0.2) is 0 Å². The van der Waals surface area contributed by atoms with Crippen LogP contribution in [0.25, 0.3) is 0 Å². The number of piperidine rings is 1. The van der Waals surface area contributed by atoms with E-state index < -0.39 is 0 Å². The van der Waals surface area contributed by atoms with Gasteiger partial charge in [0.1, 0.15) is 5.82 Å². The normalized spacial score (nSPS) is 23.8. The molecule has 7 heteroatoms. The second kappa shape index (κ2) is 6.87. The van der Waals surface area contributed by atoms with Crippen molar-refractivity contribution in [3.05, 3.63) is 11.3 Å². The molecule has 4 aliphatic rings. The maximum absolute atomic E-state index is 12.5. The van der Waals surface area contributed by atoms with Gasteiger partial charge in [0.25, 0.3) is 0 Å². The van der Waals surface area contributed by atoms with Gasteiger partial charge in [-0.05, 0) is 38.5 Å². The molecule has 152 valence electrons. The lowest BCUT2D eigenvalue weighted by Gasteiger charge is -2.40. The van der Waals surface area contributed by atoms with Gasteiger partial charge in [-0.2, -0.15) is 4.98 Å². The van der Waals surface area contributed by atoms with Gasteiger partial charge in [0, 0.05) is 57.2 Å². The first kappa shape index (κ1) is 18.2. The fourth-order valence-electron chi connectivity index (χ4n) is 5.08. The zero-order valence-corrected chi connectivity index (χ0v) is 17.1. The molecule has 3 fully saturated rings. The number of carbonyl (C=O) groups excluding carboxylic acids is 1. The molecule has 0 unspecified atom stereocenters. The Hall–Kier alpha value is -1.89. The number of rotatable bonds is 3. The molecule has 5 rings (SSSR count). The van der Waals surface area contributed by atoms with Crippen LogP contribution in [0.3, 0.4) is 0 Å². The number of aromatic nitrogens is 2. The van der Waals surface area contributed by atoms with E-state index in [2.05, 4.69) is 9.80 Å². The quantitative estimate of drug-likeness (QED) is 0.788. The number of amides is 1. The molecule has 0 aromatic carbocycles. The van der Waals surface area contributed by atoms with Crippen molar-refractivity contribution in [2.24, 2.45) is 5.92 Å². The van der Waals surface area contributed by atoms with Crippen molar-refractivity contribution in [2.45, 2.75) is 43.9 Å². The topological polar surface area (TPSA) is 61.8 Å². The first-order valence-corrected chi connectivity index (χ1v) is 10.8. The monoisotopic (exact) mass is 385 g/mol. The molecular weight excluding hydrogens is 354 g/mol. The Bertz CT molecular complexity index is 762. The summed E-state index contributed by atoms with van der Waals surface area (Å²) in [5, 5.41) is 0. The Morgan fingerprint density at radius 3 is 2.43 bits per heavy atom. The second-order valence-electron chi connectivity index (χ2n) is 9.05. The van der Waals surface area contributed by atoms with Crippen molar-refractivity contribution >= 4 is 17.7 Å². The fourth-order valence-corrected chi connectivity index (χ4v) is 5.08. The summed E-state index contributed by atoms with van der Waals surface area (Å²) in [6.45, 7) is 5.07. The summed E-state index contributed by atoms with van der Waals surface area (Å²) in [4.78, 5) is 29.0. The Morgan fingerprint density at radius 2 is 1.79 bits per heavy atom. The molecule has 2 aliphatic carbocycles. The van der Waals surface area contributed by atoms with Gasteiger partial charge in [0.05, 0.1) is 18.9 Å². The second-order valence-corrected chi connectivity index (χ2v) is 9.05. The van der Waals surface area contributed by atoms with Crippen LogP contribution in [0.5, 0.6) is 0 Å². The third-order valence-electron chi connectivity index (χ3n) is 7.00. The number of anilines is 2. The van der Waals surface area contributed by atoms with Crippen LogP contribution in [0.2, 0.25) is 0 Å². The van der Waals surface area contributed by atoms with Crippen LogP contribution >= 0.6 is 0 Å². The summed E-state index contributed by atoms with van der Waals surface area (Å²) < 4.78 is 5.55. The third-order valence-corrected chi connectivity index (χ3v) is 7.00. The predicted octanol–water partition coefficient (Wildman–Crippen LogP) is 1.60. The Labute approximate surface area is 167 Å². The molecule has 0 N–H and O–H groups in total. The number of hydrogen-bond acceptors (Lipinski definition) is 6. The number of nitrogens with zero attached hydrogens (tertiary/aromatic N) is 5. The maximum atomic E-state index is 12.5. The van der Waals surface area contributed by atoms with Gasteiger partial charge in [-0.15, -0.1) is 0 Å². The molecule has 28 heavy (non-hydrogen) atoms. The van der Waals surface area contributed by atoms with Crippen LogP contribution in [0.4, 0.5) is 11.8 Å². The Morgan fingerprint density at radius 1 is 1.07 bits per heavy atom. The molecule has 1 saturated carbocycles. The highest BCUT2D eigenvalue weighted by Crippen LogP contribution is 2.48. The van der Waals surface area contributed by atoms with Gasteiger partial charge >= 0.3 is 0 Å². The smallest absolute Gasteiger partial charge is 0.227 e. The van der Waals surface area contributed by atoms with Crippen molar-refractivity contribution in [2.75, 3.05) is 63.3 Å². The Balaban J connectivity index is 1.45. The summed E-state index contributed by atoms with van der Waals surface area (Å²) in [6.07, 6.45) is 6.43. The van der Waals surface area contributed by atoms with E-state index in [4.69, 9.17) is 14.7 Å². The molecule has 1 aromatic rings. The van der Waals surface area contributed by atoms with Gasteiger partial charge in [0.2, 0.25) is 11.9 Å². The highest BCUT2D eigenvalue weighted by atomic mass is 16.5. The average Bonchev–Trinajstić information content (AvgIpc) is 3.52. The number of carbonyl (C=O) groups is 1. The zero-order valence-electron chi connectivity index (χ0n) is 17.1.